The summed E-state index contributed by atoms with van der Waals surface area (Å²) in [5.41, 5.74) is 3.86. The first-order chi connectivity index (χ1) is 15.1. The van der Waals surface area contributed by atoms with Crippen LogP contribution in [-0.4, -0.2) is 42.4 Å². The molecule has 5 rings (SSSR count). The molecule has 1 saturated carbocycles. The highest BCUT2D eigenvalue weighted by molar-refractivity contribution is 7.93. The molecule has 32 heavy (non-hydrogen) atoms. The zero-order chi connectivity index (χ0) is 22.8. The quantitative estimate of drug-likeness (QED) is 0.745. The lowest BCUT2D eigenvalue weighted by atomic mass is 10.1. The van der Waals surface area contributed by atoms with E-state index in [-0.39, 0.29) is 23.5 Å². The second kappa shape index (κ2) is 7.07. The molecule has 8 heteroatoms. The maximum Gasteiger partial charge on any atom is 0.251 e. The van der Waals surface area contributed by atoms with E-state index in [0.717, 1.165) is 22.9 Å². The number of fused-ring (bicyclic) bond motifs is 1. The van der Waals surface area contributed by atoms with Crippen LogP contribution >= 0.6 is 0 Å². The molecule has 0 unspecified atom stereocenters. The van der Waals surface area contributed by atoms with Crippen LogP contribution in [0.5, 0.6) is 0 Å². The number of carbonyl (C=O) groups is 1. The second-order valence-corrected chi connectivity index (χ2v) is 11.8. The molecule has 1 aliphatic carbocycles. The third-order valence-corrected chi connectivity index (χ3v) is 8.49. The molecule has 2 fully saturated rings. The number of amides is 1. The number of hydrogen-bond acceptors (Lipinski definition) is 6. The van der Waals surface area contributed by atoms with Crippen LogP contribution in [0.15, 0.2) is 49.1 Å². The molecule has 2 aromatic rings. The molecule has 0 bridgehead atoms. The first-order valence-electron chi connectivity index (χ1n) is 11.0. The number of anilines is 3. The molecule has 0 atom stereocenters. The topological polar surface area (TPSA) is 82.6 Å². The third-order valence-electron chi connectivity index (χ3n) is 6.33. The summed E-state index contributed by atoms with van der Waals surface area (Å²) in [4.78, 5) is 21.6. The van der Waals surface area contributed by atoms with Gasteiger partial charge in [0, 0.05) is 17.8 Å². The zero-order valence-electron chi connectivity index (χ0n) is 18.6. The number of pyridine rings is 1. The van der Waals surface area contributed by atoms with Gasteiger partial charge in [0.1, 0.15) is 5.82 Å². The molecule has 1 aromatic heterocycles. The summed E-state index contributed by atoms with van der Waals surface area (Å²) in [6.45, 7) is 10.3. The molecule has 0 spiro atoms. The van der Waals surface area contributed by atoms with Gasteiger partial charge in [-0.15, -0.1) is 0 Å². The lowest BCUT2D eigenvalue weighted by molar-refractivity contribution is 0.0917. The number of nitrogens with one attached hydrogen (secondary N) is 1. The summed E-state index contributed by atoms with van der Waals surface area (Å²) >= 11 is 0. The molecule has 7 nitrogen and oxygen atoms in total. The number of benzene rings is 1. The normalized spacial score (nSPS) is 20.8. The highest BCUT2D eigenvalue weighted by Gasteiger charge is 2.46. The average molecular weight is 453 g/mol. The number of rotatable bonds is 5. The number of aromatic nitrogens is 1. The van der Waals surface area contributed by atoms with Gasteiger partial charge >= 0.3 is 0 Å². The van der Waals surface area contributed by atoms with E-state index in [1.807, 2.05) is 24.5 Å². The first kappa shape index (κ1) is 21.0. The highest BCUT2D eigenvalue weighted by Crippen LogP contribution is 2.48. The van der Waals surface area contributed by atoms with E-state index in [9.17, 15) is 13.2 Å². The molecule has 1 N–H and O–H groups in total. The Morgan fingerprint density at radius 3 is 2.53 bits per heavy atom. The van der Waals surface area contributed by atoms with Gasteiger partial charge in [0.25, 0.3) is 5.91 Å². The Morgan fingerprint density at radius 2 is 1.91 bits per heavy atom. The summed E-state index contributed by atoms with van der Waals surface area (Å²) in [7, 11) is -3.04. The summed E-state index contributed by atoms with van der Waals surface area (Å²) < 4.78 is 23.2. The Bertz CT molecular complexity index is 1220. The van der Waals surface area contributed by atoms with Crippen molar-refractivity contribution in [3.05, 3.63) is 60.2 Å². The fraction of sp³-hybridized carbons (Fsp3) is 0.417. The predicted octanol–water partition coefficient (Wildman–Crippen LogP) is 3.71. The zero-order valence-corrected chi connectivity index (χ0v) is 19.4. The van der Waals surface area contributed by atoms with E-state index in [1.165, 1.54) is 18.4 Å². The van der Waals surface area contributed by atoms with E-state index in [2.05, 4.69) is 46.6 Å². The van der Waals surface area contributed by atoms with Crippen molar-refractivity contribution in [1.82, 2.24) is 10.3 Å². The van der Waals surface area contributed by atoms with Crippen molar-refractivity contribution in [2.75, 3.05) is 21.3 Å². The van der Waals surface area contributed by atoms with Gasteiger partial charge in [-0.2, -0.15) is 0 Å². The van der Waals surface area contributed by atoms with E-state index in [0.29, 0.717) is 11.5 Å². The van der Waals surface area contributed by atoms with Gasteiger partial charge in [-0.1, -0.05) is 6.58 Å². The van der Waals surface area contributed by atoms with E-state index >= 15 is 0 Å². The van der Waals surface area contributed by atoms with Crippen molar-refractivity contribution in [3.63, 3.8) is 0 Å². The number of nitrogens with zero attached hydrogens (tertiary/aromatic N) is 3. The van der Waals surface area contributed by atoms with Crippen molar-refractivity contribution >= 4 is 32.8 Å². The van der Waals surface area contributed by atoms with E-state index in [1.54, 1.807) is 13.0 Å². The molecule has 1 amide bonds. The van der Waals surface area contributed by atoms with Gasteiger partial charge in [0.15, 0.2) is 9.84 Å². The van der Waals surface area contributed by atoms with Gasteiger partial charge in [-0.25, -0.2) is 8.42 Å². The van der Waals surface area contributed by atoms with Crippen LogP contribution in [0.2, 0.25) is 0 Å². The smallest absolute Gasteiger partial charge is 0.251 e. The fourth-order valence-corrected chi connectivity index (χ4v) is 6.85. The Hall–Kier alpha value is -2.87. The largest absolute Gasteiger partial charge is 0.345 e. The summed E-state index contributed by atoms with van der Waals surface area (Å²) in [5, 5.41) is 2.90. The van der Waals surface area contributed by atoms with Crippen LogP contribution in [0.25, 0.3) is 0 Å². The Balaban J connectivity index is 1.48. The van der Waals surface area contributed by atoms with Crippen LogP contribution in [0, 0.1) is 0 Å². The van der Waals surface area contributed by atoms with Gasteiger partial charge in [-0.3, -0.25) is 14.7 Å². The van der Waals surface area contributed by atoms with Crippen LogP contribution in [0.3, 0.4) is 0 Å². The number of hydrogen-bond donors (Lipinski definition) is 1. The van der Waals surface area contributed by atoms with Crippen molar-refractivity contribution in [3.8, 4) is 0 Å². The molecule has 3 aliphatic rings. The van der Waals surface area contributed by atoms with Crippen LogP contribution in [0.4, 0.5) is 17.1 Å². The molecular weight excluding hydrogens is 424 g/mol. The van der Waals surface area contributed by atoms with E-state index < -0.39 is 15.4 Å². The SMILES string of the molecule is C=C1N(c2cncc(C3CC3)c2)c2ccc(C(=O)NC3(C)CS(=O)(=O)C3)cc2N1C(C)C. The lowest BCUT2D eigenvalue weighted by Gasteiger charge is -2.38. The van der Waals surface area contributed by atoms with Crippen LogP contribution in [-0.2, 0) is 9.84 Å². The van der Waals surface area contributed by atoms with Crippen LogP contribution < -0.4 is 15.1 Å². The van der Waals surface area contributed by atoms with Crippen molar-refractivity contribution in [1.29, 1.82) is 0 Å². The fourth-order valence-electron chi connectivity index (χ4n) is 4.85. The minimum absolute atomic E-state index is 0.0241. The first-order valence-corrected chi connectivity index (χ1v) is 12.8. The third kappa shape index (κ3) is 3.56. The van der Waals surface area contributed by atoms with Crippen molar-refractivity contribution in [2.24, 2.45) is 0 Å². The molecule has 0 radical (unpaired) electrons. The minimum atomic E-state index is -3.04. The summed E-state index contributed by atoms with van der Waals surface area (Å²) in [5.74, 6) is 1.10. The van der Waals surface area contributed by atoms with Gasteiger partial charge < -0.3 is 10.2 Å². The summed E-state index contributed by atoms with van der Waals surface area (Å²) in [6.07, 6.45) is 6.21. The van der Waals surface area contributed by atoms with Crippen molar-refractivity contribution in [2.45, 2.75) is 51.1 Å². The molecule has 2 aliphatic heterocycles. The number of carbonyl (C=O) groups excluding carboxylic acids is 1. The molecule has 1 aromatic carbocycles. The second-order valence-electron chi connectivity index (χ2n) is 9.72. The van der Waals surface area contributed by atoms with Gasteiger partial charge in [-0.05, 0) is 69.4 Å². The average Bonchev–Trinajstić information content (AvgIpc) is 3.48. The maximum atomic E-state index is 12.9. The molecule has 168 valence electrons. The Labute approximate surface area is 189 Å². The monoisotopic (exact) mass is 452 g/mol. The molecule has 1 saturated heterocycles. The highest BCUT2D eigenvalue weighted by atomic mass is 32.2. The maximum absolute atomic E-state index is 12.9. The van der Waals surface area contributed by atoms with Gasteiger partial charge in [0.05, 0.1) is 40.3 Å². The predicted molar refractivity (Wildman–Crippen MR) is 126 cm³/mol. The molecule has 3 heterocycles. The lowest BCUT2D eigenvalue weighted by Crippen LogP contribution is -2.63. The Kier molecular flexibility index (Phi) is 4.64. The van der Waals surface area contributed by atoms with Crippen LogP contribution in [0.1, 0.15) is 55.5 Å². The number of sulfone groups is 1. The molecular formula is C24H28N4O3S. The standard InChI is InChI=1S/C24H28N4O3S/c1-15(2)27-16(3)28(20-9-19(11-25-12-20)17-5-6-17)21-8-7-18(10-22(21)27)23(29)26-24(4)13-32(30,31)14-24/h7-12,15,17H,3,5-6,13-14H2,1-2,4H3,(H,26,29). The summed E-state index contributed by atoms with van der Waals surface area (Å²) in [6, 6.07) is 7.90. The van der Waals surface area contributed by atoms with Crippen molar-refractivity contribution < 1.29 is 13.2 Å². The van der Waals surface area contributed by atoms with Gasteiger partial charge in [0.2, 0.25) is 0 Å². The minimum Gasteiger partial charge on any atom is -0.345 e. The van der Waals surface area contributed by atoms with E-state index in [4.69, 9.17) is 0 Å². The Morgan fingerprint density at radius 1 is 1.19 bits per heavy atom.